The number of alkyl halides is 1. The van der Waals surface area contributed by atoms with Gasteiger partial charge in [0, 0.05) is 28.6 Å². The number of amides is 1. The summed E-state index contributed by atoms with van der Waals surface area (Å²) in [7, 11) is 1.87. The quantitative estimate of drug-likeness (QED) is 0.739. The lowest BCUT2D eigenvalue weighted by Gasteiger charge is -2.35. The van der Waals surface area contributed by atoms with Gasteiger partial charge < -0.3 is 4.90 Å². The number of pyridine rings is 1. The standard InChI is InChI=1S/C13H16Br2N2O/c1-17(12-5-3-2-4-10(12)15)13(18)11-7-6-9(14)8-16-11/h6-8,10,12H,2-5H2,1H3. The van der Waals surface area contributed by atoms with Crippen molar-refractivity contribution in [1.82, 2.24) is 9.88 Å². The van der Waals surface area contributed by atoms with E-state index in [0.29, 0.717) is 10.5 Å². The molecule has 2 unspecified atom stereocenters. The Bertz CT molecular complexity index is 422. The van der Waals surface area contributed by atoms with Crippen LogP contribution >= 0.6 is 31.9 Å². The van der Waals surface area contributed by atoms with E-state index >= 15 is 0 Å². The first-order valence-electron chi connectivity index (χ1n) is 6.12. The summed E-state index contributed by atoms with van der Waals surface area (Å²) >= 11 is 7.01. The van der Waals surface area contributed by atoms with Gasteiger partial charge in [-0.05, 0) is 40.9 Å². The maximum atomic E-state index is 12.3. The molecule has 2 rings (SSSR count). The summed E-state index contributed by atoms with van der Waals surface area (Å²) in [5, 5.41) is 0. The molecule has 0 spiro atoms. The fourth-order valence-corrected chi connectivity index (χ4v) is 3.51. The van der Waals surface area contributed by atoms with Gasteiger partial charge in [-0.3, -0.25) is 4.79 Å². The third kappa shape index (κ3) is 3.12. The molecule has 18 heavy (non-hydrogen) atoms. The second-order valence-electron chi connectivity index (χ2n) is 4.65. The van der Waals surface area contributed by atoms with Crippen LogP contribution in [0.1, 0.15) is 36.2 Å². The van der Waals surface area contributed by atoms with Crippen LogP contribution in [0.5, 0.6) is 0 Å². The van der Waals surface area contributed by atoms with Crippen LogP contribution in [-0.2, 0) is 0 Å². The van der Waals surface area contributed by atoms with Gasteiger partial charge in [-0.1, -0.05) is 28.8 Å². The van der Waals surface area contributed by atoms with Gasteiger partial charge in [0.2, 0.25) is 0 Å². The molecule has 98 valence electrons. The summed E-state index contributed by atoms with van der Waals surface area (Å²) in [5.74, 6) is -0.00106. The molecule has 0 aliphatic heterocycles. The van der Waals surface area contributed by atoms with Crippen molar-refractivity contribution in [3.05, 3.63) is 28.5 Å². The van der Waals surface area contributed by atoms with Crippen LogP contribution in [0.3, 0.4) is 0 Å². The minimum Gasteiger partial charge on any atom is -0.336 e. The van der Waals surface area contributed by atoms with Crippen molar-refractivity contribution in [2.24, 2.45) is 0 Å². The Hall–Kier alpha value is -0.420. The Morgan fingerprint density at radius 1 is 1.39 bits per heavy atom. The van der Waals surface area contributed by atoms with Crippen LogP contribution in [0.15, 0.2) is 22.8 Å². The number of carbonyl (C=O) groups excluding carboxylic acids is 1. The highest BCUT2D eigenvalue weighted by Gasteiger charge is 2.29. The van der Waals surface area contributed by atoms with Crippen LogP contribution in [0, 0.1) is 0 Å². The molecule has 1 fully saturated rings. The van der Waals surface area contributed by atoms with E-state index in [1.165, 1.54) is 12.8 Å². The highest BCUT2D eigenvalue weighted by molar-refractivity contribution is 9.10. The zero-order chi connectivity index (χ0) is 13.1. The van der Waals surface area contributed by atoms with E-state index in [1.54, 1.807) is 12.3 Å². The van der Waals surface area contributed by atoms with E-state index in [9.17, 15) is 4.79 Å². The molecule has 0 bridgehead atoms. The van der Waals surface area contributed by atoms with Gasteiger partial charge in [-0.15, -0.1) is 0 Å². The lowest BCUT2D eigenvalue weighted by Crippen LogP contribution is -2.44. The van der Waals surface area contributed by atoms with Crippen molar-refractivity contribution >= 4 is 37.8 Å². The maximum Gasteiger partial charge on any atom is 0.272 e. The van der Waals surface area contributed by atoms with Gasteiger partial charge >= 0.3 is 0 Å². The first-order chi connectivity index (χ1) is 8.59. The maximum absolute atomic E-state index is 12.3. The summed E-state index contributed by atoms with van der Waals surface area (Å²) in [5.41, 5.74) is 0.506. The predicted molar refractivity (Wildman–Crippen MR) is 79.0 cm³/mol. The highest BCUT2D eigenvalue weighted by atomic mass is 79.9. The van der Waals surface area contributed by atoms with Gasteiger partial charge in [0.1, 0.15) is 5.69 Å². The first kappa shape index (κ1) is 14.0. The topological polar surface area (TPSA) is 33.2 Å². The predicted octanol–water partition coefficient (Wildman–Crippen LogP) is 3.62. The van der Waals surface area contributed by atoms with E-state index in [1.807, 2.05) is 18.0 Å². The van der Waals surface area contributed by atoms with Crippen LogP contribution in [0.25, 0.3) is 0 Å². The van der Waals surface area contributed by atoms with Gasteiger partial charge in [-0.25, -0.2) is 4.98 Å². The average molecular weight is 376 g/mol. The van der Waals surface area contributed by atoms with Crippen LogP contribution in [0.4, 0.5) is 0 Å². The molecule has 0 aromatic carbocycles. The Balaban J connectivity index is 2.10. The second-order valence-corrected chi connectivity index (χ2v) is 6.74. The van der Waals surface area contributed by atoms with Crippen molar-refractivity contribution in [3.8, 4) is 0 Å². The van der Waals surface area contributed by atoms with Crippen molar-refractivity contribution < 1.29 is 4.79 Å². The van der Waals surface area contributed by atoms with Gasteiger partial charge in [-0.2, -0.15) is 0 Å². The number of aromatic nitrogens is 1. The lowest BCUT2D eigenvalue weighted by atomic mass is 9.94. The largest absolute Gasteiger partial charge is 0.336 e. The normalized spacial score (nSPS) is 23.7. The molecule has 2 atom stereocenters. The second kappa shape index (κ2) is 6.15. The van der Waals surface area contributed by atoms with Crippen LogP contribution in [0.2, 0.25) is 0 Å². The summed E-state index contributed by atoms with van der Waals surface area (Å²) in [4.78, 5) is 18.7. The minimum atomic E-state index is -0.00106. The molecule has 3 nitrogen and oxygen atoms in total. The number of hydrogen-bond donors (Lipinski definition) is 0. The number of carbonyl (C=O) groups is 1. The molecular weight excluding hydrogens is 360 g/mol. The highest BCUT2D eigenvalue weighted by Crippen LogP contribution is 2.28. The SMILES string of the molecule is CN(C(=O)c1ccc(Br)cn1)C1CCCCC1Br. The first-order valence-corrected chi connectivity index (χ1v) is 7.83. The van der Waals surface area contributed by atoms with Crippen molar-refractivity contribution in [2.75, 3.05) is 7.05 Å². The summed E-state index contributed by atoms with van der Waals surface area (Å²) in [6, 6.07) is 3.88. The monoisotopic (exact) mass is 374 g/mol. The molecule has 0 saturated heterocycles. The van der Waals surface area contributed by atoms with Gasteiger partial charge in [0.15, 0.2) is 0 Å². The molecule has 1 heterocycles. The summed E-state index contributed by atoms with van der Waals surface area (Å²) in [6.07, 6.45) is 6.29. The number of nitrogens with zero attached hydrogens (tertiary/aromatic N) is 2. The molecule has 1 amide bonds. The smallest absolute Gasteiger partial charge is 0.272 e. The van der Waals surface area contributed by atoms with E-state index in [-0.39, 0.29) is 11.9 Å². The minimum absolute atomic E-state index is 0.00106. The third-order valence-electron chi connectivity index (χ3n) is 3.41. The third-order valence-corrected chi connectivity index (χ3v) is 4.95. The van der Waals surface area contributed by atoms with Crippen LogP contribution in [-0.4, -0.2) is 33.7 Å². The van der Waals surface area contributed by atoms with Gasteiger partial charge in [0.05, 0.1) is 0 Å². The molecule has 5 heteroatoms. The summed E-state index contributed by atoms with van der Waals surface area (Å²) < 4.78 is 0.887. The fraction of sp³-hybridized carbons (Fsp3) is 0.538. The van der Waals surface area contributed by atoms with Gasteiger partial charge in [0.25, 0.3) is 5.91 Å². The molecule has 1 aromatic heterocycles. The zero-order valence-electron chi connectivity index (χ0n) is 10.3. The molecule has 0 radical (unpaired) electrons. The molecule has 1 aliphatic rings. The van der Waals surface area contributed by atoms with Crippen molar-refractivity contribution in [1.29, 1.82) is 0 Å². The van der Waals surface area contributed by atoms with E-state index in [4.69, 9.17) is 0 Å². The van der Waals surface area contributed by atoms with Crippen LogP contribution < -0.4 is 0 Å². The lowest BCUT2D eigenvalue weighted by molar-refractivity contribution is 0.0699. The van der Waals surface area contributed by atoms with Crippen molar-refractivity contribution in [2.45, 2.75) is 36.6 Å². The molecule has 1 saturated carbocycles. The Labute approximate surface area is 124 Å². The number of halogens is 2. The van der Waals surface area contributed by atoms with E-state index < -0.39 is 0 Å². The fourth-order valence-electron chi connectivity index (χ4n) is 2.34. The molecule has 1 aliphatic carbocycles. The number of rotatable bonds is 2. The Kier molecular flexibility index (Phi) is 4.78. The van der Waals surface area contributed by atoms with E-state index in [2.05, 4.69) is 36.8 Å². The zero-order valence-corrected chi connectivity index (χ0v) is 13.4. The average Bonchev–Trinajstić information content (AvgIpc) is 2.38. The molecule has 1 aromatic rings. The van der Waals surface area contributed by atoms with E-state index in [0.717, 1.165) is 17.3 Å². The number of hydrogen-bond acceptors (Lipinski definition) is 2. The summed E-state index contributed by atoms with van der Waals surface area (Å²) in [6.45, 7) is 0. The van der Waals surface area contributed by atoms with Crippen molar-refractivity contribution in [3.63, 3.8) is 0 Å². The molecule has 0 N–H and O–H groups in total. The Morgan fingerprint density at radius 3 is 2.72 bits per heavy atom. The Morgan fingerprint density at radius 2 is 2.11 bits per heavy atom. The molecular formula is C13H16Br2N2O.